The van der Waals surface area contributed by atoms with Gasteiger partial charge in [-0.15, -0.1) is 10.2 Å². The van der Waals surface area contributed by atoms with Crippen LogP contribution in [0, 0.1) is 5.82 Å². The second-order valence-electron chi connectivity index (χ2n) is 7.69. The molecular weight excluding hydrogens is 399 g/mol. The second kappa shape index (κ2) is 8.17. The lowest BCUT2D eigenvalue weighted by molar-refractivity contribution is 0.0696. The zero-order chi connectivity index (χ0) is 22.1. The number of fused-ring (bicyclic) bond motifs is 1. The van der Waals surface area contributed by atoms with Gasteiger partial charge in [-0.25, -0.2) is 9.18 Å². The Bertz CT molecular complexity index is 1140. The van der Waals surface area contributed by atoms with Gasteiger partial charge in [-0.2, -0.15) is 4.98 Å². The number of benzene rings is 2. The summed E-state index contributed by atoms with van der Waals surface area (Å²) < 4.78 is 13.5. The van der Waals surface area contributed by atoms with E-state index in [0.29, 0.717) is 30.5 Å². The molecule has 0 saturated carbocycles. The van der Waals surface area contributed by atoms with Gasteiger partial charge in [0.2, 0.25) is 0 Å². The van der Waals surface area contributed by atoms with E-state index in [1.54, 1.807) is 23.1 Å². The SMILES string of the molecule is CC1Cc2c(C(=O)O)cccc2N1c1nnc(N(C)C)c(NCc2cccc(F)c2)n1. The van der Waals surface area contributed by atoms with Crippen LogP contribution in [0.5, 0.6) is 0 Å². The molecule has 1 aromatic heterocycles. The highest BCUT2D eigenvalue weighted by Gasteiger charge is 2.33. The van der Waals surface area contributed by atoms with Crippen LogP contribution < -0.4 is 15.1 Å². The Balaban J connectivity index is 1.70. The number of hydrogen-bond donors (Lipinski definition) is 2. The van der Waals surface area contributed by atoms with Gasteiger partial charge in [0.05, 0.1) is 5.56 Å². The number of nitrogens with zero attached hydrogens (tertiary/aromatic N) is 5. The van der Waals surface area contributed by atoms with Crippen molar-refractivity contribution in [3.05, 3.63) is 65.0 Å². The van der Waals surface area contributed by atoms with Gasteiger partial charge in [0.25, 0.3) is 5.95 Å². The largest absolute Gasteiger partial charge is 0.478 e. The van der Waals surface area contributed by atoms with Crippen molar-refractivity contribution in [3.63, 3.8) is 0 Å². The van der Waals surface area contributed by atoms with E-state index in [-0.39, 0.29) is 17.4 Å². The third-order valence-electron chi connectivity index (χ3n) is 5.23. The number of aromatic nitrogens is 3. The summed E-state index contributed by atoms with van der Waals surface area (Å²) in [5.41, 5.74) is 2.59. The summed E-state index contributed by atoms with van der Waals surface area (Å²) in [5, 5.41) is 21.4. The molecule has 0 bridgehead atoms. The average Bonchev–Trinajstić information content (AvgIpc) is 3.07. The van der Waals surface area contributed by atoms with E-state index >= 15 is 0 Å². The van der Waals surface area contributed by atoms with Gasteiger partial charge >= 0.3 is 5.97 Å². The number of aromatic carboxylic acids is 1. The molecular formula is C22H23FN6O2. The Morgan fingerprint density at radius 2 is 2.03 bits per heavy atom. The van der Waals surface area contributed by atoms with Crippen LogP contribution in [0.25, 0.3) is 0 Å². The molecule has 1 aliphatic rings. The molecule has 4 rings (SSSR count). The van der Waals surface area contributed by atoms with Crippen LogP contribution in [0.4, 0.5) is 27.7 Å². The van der Waals surface area contributed by atoms with Crippen LogP contribution in [0.3, 0.4) is 0 Å². The van der Waals surface area contributed by atoms with E-state index < -0.39 is 5.97 Å². The maximum absolute atomic E-state index is 13.5. The smallest absolute Gasteiger partial charge is 0.336 e. The fourth-order valence-corrected chi connectivity index (χ4v) is 3.81. The number of anilines is 4. The number of halogens is 1. The van der Waals surface area contributed by atoms with Crippen molar-refractivity contribution < 1.29 is 14.3 Å². The van der Waals surface area contributed by atoms with E-state index in [1.165, 1.54) is 12.1 Å². The quantitative estimate of drug-likeness (QED) is 0.624. The fraction of sp³-hybridized carbons (Fsp3) is 0.273. The third kappa shape index (κ3) is 3.98. The van der Waals surface area contributed by atoms with E-state index in [1.807, 2.05) is 38.1 Å². The molecule has 9 heteroatoms. The summed E-state index contributed by atoms with van der Waals surface area (Å²) in [6.45, 7) is 2.36. The zero-order valence-electron chi connectivity index (χ0n) is 17.5. The number of hydrogen-bond acceptors (Lipinski definition) is 7. The Hall–Kier alpha value is -3.75. The number of carboxylic acids is 1. The first-order valence-electron chi connectivity index (χ1n) is 9.90. The number of rotatable bonds is 6. The van der Waals surface area contributed by atoms with Gasteiger partial charge in [-0.1, -0.05) is 18.2 Å². The number of carboxylic acid groups (broad SMARTS) is 1. The van der Waals surface area contributed by atoms with Crippen molar-refractivity contribution in [2.75, 3.05) is 29.2 Å². The summed E-state index contributed by atoms with van der Waals surface area (Å²) >= 11 is 0. The van der Waals surface area contributed by atoms with Crippen LogP contribution in [0.2, 0.25) is 0 Å². The van der Waals surface area contributed by atoms with Crippen molar-refractivity contribution in [3.8, 4) is 0 Å². The van der Waals surface area contributed by atoms with Crippen LogP contribution in [-0.2, 0) is 13.0 Å². The van der Waals surface area contributed by atoms with Crippen molar-refractivity contribution in [2.45, 2.75) is 25.9 Å². The van der Waals surface area contributed by atoms with Crippen molar-refractivity contribution in [1.29, 1.82) is 0 Å². The molecule has 1 atom stereocenters. The predicted octanol–water partition coefficient (Wildman–Crippen LogP) is 3.47. The van der Waals surface area contributed by atoms with Gasteiger partial charge in [-0.3, -0.25) is 0 Å². The van der Waals surface area contributed by atoms with Crippen molar-refractivity contribution in [1.82, 2.24) is 15.2 Å². The van der Waals surface area contributed by atoms with Crippen LogP contribution in [0.15, 0.2) is 42.5 Å². The van der Waals surface area contributed by atoms with Crippen molar-refractivity contribution >= 4 is 29.2 Å². The fourth-order valence-electron chi connectivity index (χ4n) is 3.81. The van der Waals surface area contributed by atoms with Crippen LogP contribution in [-0.4, -0.2) is 46.4 Å². The summed E-state index contributed by atoms with van der Waals surface area (Å²) in [5.74, 6) is 0.178. The first-order chi connectivity index (χ1) is 14.8. The Kier molecular flexibility index (Phi) is 5.41. The van der Waals surface area contributed by atoms with Gasteiger partial charge in [-0.05, 0) is 48.7 Å². The first kappa shape index (κ1) is 20.5. The summed E-state index contributed by atoms with van der Waals surface area (Å²) in [6, 6.07) is 11.5. The summed E-state index contributed by atoms with van der Waals surface area (Å²) in [7, 11) is 3.68. The predicted molar refractivity (Wildman–Crippen MR) is 117 cm³/mol. The molecule has 0 saturated heterocycles. The molecule has 1 unspecified atom stereocenters. The normalized spacial score (nSPS) is 15.0. The molecule has 0 aliphatic carbocycles. The van der Waals surface area contributed by atoms with E-state index in [2.05, 4.69) is 15.5 Å². The molecule has 160 valence electrons. The maximum Gasteiger partial charge on any atom is 0.336 e. The van der Waals surface area contributed by atoms with Gasteiger partial charge < -0.3 is 20.2 Å². The average molecular weight is 422 g/mol. The molecule has 0 amide bonds. The lowest BCUT2D eigenvalue weighted by Crippen LogP contribution is -2.27. The first-order valence-corrected chi connectivity index (χ1v) is 9.90. The number of carbonyl (C=O) groups is 1. The van der Waals surface area contributed by atoms with Crippen LogP contribution >= 0.6 is 0 Å². The topological polar surface area (TPSA) is 94.5 Å². The lowest BCUT2D eigenvalue weighted by atomic mass is 10.0. The minimum absolute atomic E-state index is 0.0291. The molecule has 2 aromatic carbocycles. The van der Waals surface area contributed by atoms with E-state index in [0.717, 1.165) is 16.8 Å². The molecule has 1 aliphatic heterocycles. The molecule has 0 fully saturated rings. The molecule has 3 aromatic rings. The second-order valence-corrected chi connectivity index (χ2v) is 7.69. The maximum atomic E-state index is 13.5. The molecule has 31 heavy (non-hydrogen) atoms. The van der Waals surface area contributed by atoms with Gasteiger partial charge in [0, 0.05) is 32.4 Å². The monoisotopic (exact) mass is 422 g/mol. The Morgan fingerprint density at radius 3 is 2.74 bits per heavy atom. The zero-order valence-corrected chi connectivity index (χ0v) is 17.5. The summed E-state index contributed by atoms with van der Waals surface area (Å²) in [6.07, 6.45) is 0.572. The highest BCUT2D eigenvalue weighted by molar-refractivity contribution is 5.92. The minimum atomic E-state index is -0.953. The number of nitrogens with one attached hydrogen (secondary N) is 1. The Morgan fingerprint density at radius 1 is 1.26 bits per heavy atom. The Labute approximate surface area is 179 Å². The van der Waals surface area contributed by atoms with E-state index in [9.17, 15) is 14.3 Å². The molecule has 2 heterocycles. The molecule has 2 N–H and O–H groups in total. The highest BCUT2D eigenvalue weighted by atomic mass is 19.1. The standard InChI is InChI=1S/C22H23FN6O2/c1-13-10-17-16(21(30)31)8-5-9-18(17)29(13)22-25-19(20(26-27-22)28(2)3)24-12-14-6-4-7-15(23)11-14/h4-9,11,13H,10,12H2,1-3H3,(H,30,31)(H,24,25,27). The van der Waals surface area contributed by atoms with Crippen molar-refractivity contribution in [2.24, 2.45) is 0 Å². The lowest BCUT2D eigenvalue weighted by Gasteiger charge is -2.24. The van der Waals surface area contributed by atoms with E-state index in [4.69, 9.17) is 4.98 Å². The van der Waals surface area contributed by atoms with Crippen LogP contribution in [0.1, 0.15) is 28.4 Å². The summed E-state index contributed by atoms with van der Waals surface area (Å²) in [4.78, 5) is 20.0. The third-order valence-corrected chi connectivity index (χ3v) is 5.23. The molecule has 0 radical (unpaired) electrons. The molecule has 0 spiro atoms. The highest BCUT2D eigenvalue weighted by Crippen LogP contribution is 2.39. The minimum Gasteiger partial charge on any atom is -0.478 e. The van der Waals surface area contributed by atoms with Gasteiger partial charge in [0.1, 0.15) is 5.82 Å². The molecule has 8 nitrogen and oxygen atoms in total. The van der Waals surface area contributed by atoms with Gasteiger partial charge in [0.15, 0.2) is 11.6 Å².